The van der Waals surface area contributed by atoms with Gasteiger partial charge in [-0.15, -0.1) is 0 Å². The first kappa shape index (κ1) is 11.9. The number of nitrogen functional groups attached to an aromatic ring is 1. The molecule has 0 aliphatic heterocycles. The van der Waals surface area contributed by atoms with Crippen molar-refractivity contribution in [2.24, 2.45) is 5.84 Å². The van der Waals surface area contributed by atoms with Crippen molar-refractivity contribution in [3.05, 3.63) is 24.0 Å². The van der Waals surface area contributed by atoms with E-state index >= 15 is 0 Å². The molecule has 0 saturated carbocycles. The molecule has 0 radical (unpaired) electrons. The smallest absolute Gasteiger partial charge is 0.272 e. The zero-order valence-electron chi connectivity index (χ0n) is 8.97. The zero-order valence-corrected chi connectivity index (χ0v) is 8.97. The molecule has 1 rings (SSSR count). The van der Waals surface area contributed by atoms with Gasteiger partial charge in [-0.05, 0) is 12.1 Å². The Hall–Kier alpha value is -2.13. The fraction of sp³-hybridized carbons (Fsp3) is 0.300. The number of carbonyl (C=O) groups excluding carboxylic acids is 1. The Labute approximate surface area is 93.6 Å². The van der Waals surface area contributed by atoms with E-state index in [0.717, 1.165) is 0 Å². The van der Waals surface area contributed by atoms with E-state index < -0.39 is 0 Å². The van der Waals surface area contributed by atoms with Crippen LogP contribution >= 0.6 is 0 Å². The molecule has 0 aliphatic carbocycles. The Bertz CT molecular complexity index is 395. The molecule has 0 aliphatic rings. The van der Waals surface area contributed by atoms with E-state index in [1.54, 1.807) is 19.2 Å². The van der Waals surface area contributed by atoms with Crippen molar-refractivity contribution >= 4 is 11.6 Å². The summed E-state index contributed by atoms with van der Waals surface area (Å²) in [6.07, 6.45) is 1.79. The van der Waals surface area contributed by atoms with Crippen LogP contribution in [0.2, 0.25) is 0 Å². The second kappa shape index (κ2) is 5.68. The molecule has 16 heavy (non-hydrogen) atoms. The molecule has 6 heteroatoms. The van der Waals surface area contributed by atoms with E-state index in [1.165, 1.54) is 11.1 Å². The van der Waals surface area contributed by atoms with Gasteiger partial charge in [0.15, 0.2) is 0 Å². The third-order valence-corrected chi connectivity index (χ3v) is 2.05. The van der Waals surface area contributed by atoms with Crippen molar-refractivity contribution in [2.75, 3.05) is 19.0 Å². The van der Waals surface area contributed by atoms with Crippen LogP contribution in [0.3, 0.4) is 0 Å². The molecule has 0 spiro atoms. The van der Waals surface area contributed by atoms with Crippen molar-refractivity contribution in [1.82, 2.24) is 9.88 Å². The highest BCUT2D eigenvalue weighted by molar-refractivity contribution is 5.92. The molecule has 1 aromatic heterocycles. The summed E-state index contributed by atoms with van der Waals surface area (Å²) >= 11 is 0. The fourth-order valence-corrected chi connectivity index (χ4v) is 1.12. The van der Waals surface area contributed by atoms with E-state index in [9.17, 15) is 4.79 Å². The van der Waals surface area contributed by atoms with Crippen LogP contribution in [0.1, 0.15) is 16.9 Å². The molecular formula is C10H13N5O. The molecule has 0 atom stereocenters. The van der Waals surface area contributed by atoms with Crippen molar-refractivity contribution < 1.29 is 4.79 Å². The number of hydrogen-bond acceptors (Lipinski definition) is 5. The average Bonchev–Trinajstić information content (AvgIpc) is 2.35. The molecule has 0 bridgehead atoms. The Morgan fingerprint density at radius 3 is 2.94 bits per heavy atom. The van der Waals surface area contributed by atoms with E-state index in [0.29, 0.717) is 24.3 Å². The van der Waals surface area contributed by atoms with Gasteiger partial charge in [0.2, 0.25) is 0 Å². The van der Waals surface area contributed by atoms with Gasteiger partial charge >= 0.3 is 0 Å². The van der Waals surface area contributed by atoms with Crippen molar-refractivity contribution in [2.45, 2.75) is 6.42 Å². The lowest BCUT2D eigenvalue weighted by Crippen LogP contribution is -2.28. The number of rotatable bonds is 4. The summed E-state index contributed by atoms with van der Waals surface area (Å²) in [5, 5.41) is 8.41. The average molecular weight is 219 g/mol. The highest BCUT2D eigenvalue weighted by Gasteiger charge is 2.12. The standard InChI is InChI=1S/C10H13N5O/c1-15(6-2-5-11)10(16)9-4-3-8(14-12)7-13-9/h3-4,7,14H,2,6,12H2,1H3. The minimum absolute atomic E-state index is 0.209. The number of nitriles is 1. The van der Waals surface area contributed by atoms with E-state index in [-0.39, 0.29) is 5.91 Å². The van der Waals surface area contributed by atoms with Crippen molar-refractivity contribution in [1.29, 1.82) is 5.26 Å². The number of hydrogen-bond donors (Lipinski definition) is 2. The van der Waals surface area contributed by atoms with Crippen LogP contribution in [0.25, 0.3) is 0 Å². The first-order valence-corrected chi connectivity index (χ1v) is 4.74. The van der Waals surface area contributed by atoms with Gasteiger partial charge in [0.05, 0.1) is 24.4 Å². The summed E-state index contributed by atoms with van der Waals surface area (Å²) < 4.78 is 0. The number of nitrogens with two attached hydrogens (primary N) is 1. The molecule has 0 saturated heterocycles. The van der Waals surface area contributed by atoms with E-state index in [4.69, 9.17) is 11.1 Å². The lowest BCUT2D eigenvalue weighted by molar-refractivity contribution is 0.0792. The molecule has 1 amide bonds. The summed E-state index contributed by atoms with van der Waals surface area (Å²) in [5.74, 6) is 4.97. The second-order valence-corrected chi connectivity index (χ2v) is 3.21. The van der Waals surface area contributed by atoms with E-state index in [2.05, 4.69) is 10.4 Å². The highest BCUT2D eigenvalue weighted by atomic mass is 16.2. The Balaban J connectivity index is 2.69. The summed E-state index contributed by atoms with van der Waals surface area (Å²) in [6, 6.07) is 5.23. The summed E-state index contributed by atoms with van der Waals surface area (Å²) in [7, 11) is 1.64. The molecule has 0 aromatic carbocycles. The summed E-state index contributed by atoms with van der Waals surface area (Å²) in [6.45, 7) is 0.397. The molecule has 0 unspecified atom stereocenters. The number of nitrogens with one attached hydrogen (secondary N) is 1. The topological polar surface area (TPSA) is 95.0 Å². The molecule has 0 fully saturated rings. The molecular weight excluding hydrogens is 206 g/mol. The third kappa shape index (κ3) is 2.93. The number of pyridine rings is 1. The molecule has 3 N–H and O–H groups in total. The monoisotopic (exact) mass is 219 g/mol. The first-order valence-electron chi connectivity index (χ1n) is 4.74. The number of carbonyl (C=O) groups is 1. The van der Waals surface area contributed by atoms with Gasteiger partial charge < -0.3 is 10.3 Å². The maximum Gasteiger partial charge on any atom is 0.272 e. The van der Waals surface area contributed by atoms with Crippen LogP contribution in [0, 0.1) is 11.3 Å². The van der Waals surface area contributed by atoms with Crippen molar-refractivity contribution in [3.8, 4) is 6.07 Å². The van der Waals surface area contributed by atoms with E-state index in [1.807, 2.05) is 6.07 Å². The Kier molecular flexibility index (Phi) is 4.24. The normalized spacial score (nSPS) is 9.31. The number of anilines is 1. The van der Waals surface area contributed by atoms with Crippen LogP contribution in [0.5, 0.6) is 0 Å². The van der Waals surface area contributed by atoms with Crippen LogP contribution < -0.4 is 11.3 Å². The zero-order chi connectivity index (χ0) is 12.0. The fourth-order valence-electron chi connectivity index (χ4n) is 1.12. The lowest BCUT2D eigenvalue weighted by Gasteiger charge is -2.14. The number of aromatic nitrogens is 1. The van der Waals surface area contributed by atoms with Crippen LogP contribution in [-0.2, 0) is 0 Å². The number of amides is 1. The summed E-state index contributed by atoms with van der Waals surface area (Å²) in [4.78, 5) is 17.2. The predicted octanol–water partition coefficient (Wildman–Crippen LogP) is 0.353. The molecule has 6 nitrogen and oxygen atoms in total. The maximum atomic E-state index is 11.8. The largest absolute Gasteiger partial charge is 0.339 e. The van der Waals surface area contributed by atoms with Crippen LogP contribution in [0.15, 0.2) is 18.3 Å². The first-order chi connectivity index (χ1) is 7.69. The summed E-state index contributed by atoms with van der Waals surface area (Å²) in [5.41, 5.74) is 3.39. The Morgan fingerprint density at radius 2 is 2.44 bits per heavy atom. The van der Waals surface area contributed by atoms with Gasteiger partial charge in [0.25, 0.3) is 5.91 Å². The minimum Gasteiger partial charge on any atom is -0.339 e. The van der Waals surface area contributed by atoms with Crippen molar-refractivity contribution in [3.63, 3.8) is 0 Å². The number of nitrogens with zero attached hydrogens (tertiary/aromatic N) is 3. The maximum absolute atomic E-state index is 11.8. The quantitative estimate of drug-likeness (QED) is 0.563. The highest BCUT2D eigenvalue weighted by Crippen LogP contribution is 2.06. The third-order valence-electron chi connectivity index (χ3n) is 2.05. The van der Waals surface area contributed by atoms with Crippen LogP contribution in [-0.4, -0.2) is 29.4 Å². The molecule has 1 aromatic rings. The lowest BCUT2D eigenvalue weighted by atomic mass is 10.3. The number of hydrazine groups is 1. The predicted molar refractivity (Wildman–Crippen MR) is 59.2 cm³/mol. The second-order valence-electron chi connectivity index (χ2n) is 3.21. The van der Waals surface area contributed by atoms with Crippen LogP contribution in [0.4, 0.5) is 5.69 Å². The SMILES string of the molecule is CN(CCC#N)C(=O)c1ccc(NN)cn1. The molecule has 1 heterocycles. The molecule has 84 valence electrons. The van der Waals surface area contributed by atoms with Gasteiger partial charge in [-0.1, -0.05) is 0 Å². The van der Waals surface area contributed by atoms with Gasteiger partial charge in [0, 0.05) is 13.6 Å². The van der Waals surface area contributed by atoms with Gasteiger partial charge in [-0.2, -0.15) is 5.26 Å². The van der Waals surface area contributed by atoms with Gasteiger partial charge in [0.1, 0.15) is 5.69 Å². The Morgan fingerprint density at radius 1 is 1.69 bits per heavy atom. The van der Waals surface area contributed by atoms with Gasteiger partial charge in [-0.25, -0.2) is 4.98 Å². The minimum atomic E-state index is -0.209. The van der Waals surface area contributed by atoms with Gasteiger partial charge in [-0.3, -0.25) is 10.6 Å².